The summed E-state index contributed by atoms with van der Waals surface area (Å²) in [5.41, 5.74) is 5.52. The molecule has 1 fully saturated rings. The van der Waals surface area contributed by atoms with Crippen LogP contribution in [0.3, 0.4) is 0 Å². The van der Waals surface area contributed by atoms with Gasteiger partial charge in [-0.3, -0.25) is 4.79 Å². The molecule has 7 nitrogen and oxygen atoms in total. The third kappa shape index (κ3) is 3.72. The Bertz CT molecular complexity index is 1260. The molecule has 4 aromatic rings. The van der Waals surface area contributed by atoms with E-state index in [1.165, 1.54) is 11.5 Å². The summed E-state index contributed by atoms with van der Waals surface area (Å²) < 4.78 is 5.84. The first-order valence-corrected chi connectivity index (χ1v) is 11.2. The van der Waals surface area contributed by atoms with Crippen molar-refractivity contribution in [2.45, 2.75) is 52.0 Å². The number of aryl methyl sites for hydroxylation is 1. The third-order valence-corrected chi connectivity index (χ3v) is 6.01. The monoisotopic (exact) mass is 432 g/mol. The standard InChI is InChI=1S/C23H24N6OS/c1-13-20-17(11-18(14-5-6-14)25-21(20)29(27-13)23(2,3)4)22(30)24-16-9-7-15(8-10-16)19-12-31-28-26-19/h7-12,14H,5-6H2,1-4H3,(H,24,30). The lowest BCUT2D eigenvalue weighted by Gasteiger charge is -2.20. The Hall–Kier alpha value is -3.13. The Morgan fingerprint density at radius 2 is 1.94 bits per heavy atom. The van der Waals surface area contributed by atoms with Gasteiger partial charge < -0.3 is 5.32 Å². The molecule has 1 amide bonds. The molecule has 31 heavy (non-hydrogen) atoms. The maximum Gasteiger partial charge on any atom is 0.256 e. The van der Waals surface area contributed by atoms with Crippen LogP contribution in [0, 0.1) is 6.92 Å². The van der Waals surface area contributed by atoms with Crippen molar-refractivity contribution in [3.63, 3.8) is 0 Å². The number of nitrogens with one attached hydrogen (secondary N) is 1. The molecule has 0 unspecified atom stereocenters. The molecule has 1 aliphatic rings. The van der Waals surface area contributed by atoms with Crippen LogP contribution in [0.5, 0.6) is 0 Å². The third-order valence-electron chi connectivity index (χ3n) is 5.51. The molecule has 0 bridgehead atoms. The van der Waals surface area contributed by atoms with E-state index in [4.69, 9.17) is 10.1 Å². The Kier molecular flexibility index (Phi) is 4.62. The second kappa shape index (κ2) is 7.23. The minimum Gasteiger partial charge on any atom is -0.322 e. The lowest BCUT2D eigenvalue weighted by molar-refractivity contribution is 0.102. The number of hydrogen-bond acceptors (Lipinski definition) is 6. The van der Waals surface area contributed by atoms with Gasteiger partial charge in [-0.25, -0.2) is 9.67 Å². The Morgan fingerprint density at radius 1 is 1.19 bits per heavy atom. The first-order chi connectivity index (χ1) is 14.8. The van der Waals surface area contributed by atoms with Gasteiger partial charge in [0.15, 0.2) is 5.65 Å². The van der Waals surface area contributed by atoms with Crippen LogP contribution in [0.15, 0.2) is 35.7 Å². The summed E-state index contributed by atoms with van der Waals surface area (Å²) in [5.74, 6) is 0.291. The van der Waals surface area contributed by atoms with Crippen LogP contribution in [0.4, 0.5) is 5.69 Å². The maximum atomic E-state index is 13.4. The van der Waals surface area contributed by atoms with E-state index in [1.54, 1.807) is 0 Å². The van der Waals surface area contributed by atoms with E-state index in [0.717, 1.165) is 52.2 Å². The highest BCUT2D eigenvalue weighted by Gasteiger charge is 2.30. The number of nitrogens with zero attached hydrogens (tertiary/aromatic N) is 5. The van der Waals surface area contributed by atoms with Crippen LogP contribution in [-0.4, -0.2) is 30.3 Å². The summed E-state index contributed by atoms with van der Waals surface area (Å²) in [6.07, 6.45) is 2.24. The average molecular weight is 433 g/mol. The molecule has 0 saturated heterocycles. The fourth-order valence-corrected chi connectivity index (χ4v) is 4.22. The van der Waals surface area contributed by atoms with Crippen molar-refractivity contribution in [2.75, 3.05) is 5.32 Å². The maximum absolute atomic E-state index is 13.4. The highest BCUT2D eigenvalue weighted by atomic mass is 32.1. The second-order valence-corrected chi connectivity index (χ2v) is 9.67. The van der Waals surface area contributed by atoms with Crippen molar-refractivity contribution in [1.29, 1.82) is 0 Å². The number of hydrogen-bond donors (Lipinski definition) is 1. The molecule has 5 rings (SSSR count). The predicted octanol–water partition coefficient (Wildman–Crippen LogP) is 5.14. The van der Waals surface area contributed by atoms with Crippen LogP contribution >= 0.6 is 11.5 Å². The number of carbonyl (C=O) groups excluding carboxylic acids is 1. The van der Waals surface area contributed by atoms with Gasteiger partial charge in [-0.1, -0.05) is 16.6 Å². The molecule has 1 aliphatic carbocycles. The van der Waals surface area contributed by atoms with Crippen LogP contribution in [0.25, 0.3) is 22.3 Å². The smallest absolute Gasteiger partial charge is 0.256 e. The molecule has 0 aliphatic heterocycles. The topological polar surface area (TPSA) is 85.6 Å². The van der Waals surface area contributed by atoms with E-state index in [-0.39, 0.29) is 11.4 Å². The number of pyridine rings is 1. The lowest BCUT2D eigenvalue weighted by Crippen LogP contribution is -2.23. The molecule has 158 valence electrons. The minimum absolute atomic E-state index is 0.145. The van der Waals surface area contributed by atoms with Gasteiger partial charge in [-0.2, -0.15) is 5.10 Å². The number of fused-ring (bicyclic) bond motifs is 1. The van der Waals surface area contributed by atoms with Crippen molar-refractivity contribution in [1.82, 2.24) is 24.4 Å². The second-order valence-electron chi connectivity index (χ2n) is 9.06. The van der Waals surface area contributed by atoms with Crippen molar-refractivity contribution >= 4 is 34.2 Å². The summed E-state index contributed by atoms with van der Waals surface area (Å²) in [4.78, 5) is 18.3. The van der Waals surface area contributed by atoms with Crippen molar-refractivity contribution in [2.24, 2.45) is 0 Å². The zero-order valence-electron chi connectivity index (χ0n) is 18.0. The minimum atomic E-state index is -0.226. The fraction of sp³-hybridized carbons (Fsp3) is 0.348. The van der Waals surface area contributed by atoms with E-state index < -0.39 is 0 Å². The fourth-order valence-electron chi connectivity index (χ4n) is 3.76. The average Bonchev–Trinajstić information content (AvgIpc) is 3.32. The zero-order chi connectivity index (χ0) is 21.8. The van der Waals surface area contributed by atoms with Crippen LogP contribution < -0.4 is 5.32 Å². The molecule has 1 N–H and O–H groups in total. The first-order valence-electron chi connectivity index (χ1n) is 10.4. The molecule has 3 aromatic heterocycles. The normalized spacial score (nSPS) is 14.2. The molecule has 1 aromatic carbocycles. The van der Waals surface area contributed by atoms with Crippen molar-refractivity contribution in [3.8, 4) is 11.3 Å². The summed E-state index contributed by atoms with van der Waals surface area (Å²) in [6, 6.07) is 9.60. The Labute approximate surface area is 184 Å². The van der Waals surface area contributed by atoms with Gasteiger partial charge >= 0.3 is 0 Å². The SMILES string of the molecule is Cc1nn(C(C)(C)C)c2nc(C3CC3)cc(C(=O)Nc3ccc(-c4csnn4)cc3)c12. The highest BCUT2D eigenvalue weighted by molar-refractivity contribution is 7.03. The molecule has 0 spiro atoms. The molecule has 1 saturated carbocycles. The first kappa shape index (κ1) is 19.8. The van der Waals surface area contributed by atoms with Crippen molar-refractivity contribution in [3.05, 3.63) is 52.7 Å². The van der Waals surface area contributed by atoms with Gasteiger partial charge in [0.25, 0.3) is 5.91 Å². The number of carbonyl (C=O) groups is 1. The van der Waals surface area contributed by atoms with Gasteiger partial charge in [0.2, 0.25) is 0 Å². The van der Waals surface area contributed by atoms with E-state index in [2.05, 4.69) is 35.7 Å². The Morgan fingerprint density at radius 3 is 2.55 bits per heavy atom. The van der Waals surface area contributed by atoms with E-state index in [9.17, 15) is 4.79 Å². The van der Waals surface area contributed by atoms with E-state index >= 15 is 0 Å². The molecular formula is C23H24N6OS. The number of amides is 1. The molecular weight excluding hydrogens is 408 g/mol. The number of anilines is 1. The van der Waals surface area contributed by atoms with Gasteiger partial charge in [0.05, 0.1) is 22.2 Å². The zero-order valence-corrected chi connectivity index (χ0v) is 18.8. The number of benzene rings is 1. The van der Waals surface area contributed by atoms with E-state index in [1.807, 2.05) is 47.3 Å². The summed E-state index contributed by atoms with van der Waals surface area (Å²) in [6.45, 7) is 8.24. The molecule has 0 radical (unpaired) electrons. The van der Waals surface area contributed by atoms with Gasteiger partial charge in [0, 0.05) is 28.2 Å². The summed E-state index contributed by atoms with van der Waals surface area (Å²) in [5, 5.41) is 14.6. The largest absolute Gasteiger partial charge is 0.322 e. The highest BCUT2D eigenvalue weighted by Crippen LogP contribution is 2.41. The Balaban J connectivity index is 1.53. The van der Waals surface area contributed by atoms with Crippen LogP contribution in [0.1, 0.15) is 61.3 Å². The van der Waals surface area contributed by atoms with Gasteiger partial charge in [0.1, 0.15) is 5.69 Å². The quantitative estimate of drug-likeness (QED) is 0.482. The molecule has 8 heteroatoms. The van der Waals surface area contributed by atoms with Crippen LogP contribution in [0.2, 0.25) is 0 Å². The number of rotatable bonds is 4. The van der Waals surface area contributed by atoms with Gasteiger partial charge in [-0.05, 0) is 70.3 Å². The molecule has 0 atom stereocenters. The lowest BCUT2D eigenvalue weighted by atomic mass is 10.1. The summed E-state index contributed by atoms with van der Waals surface area (Å²) >= 11 is 1.32. The van der Waals surface area contributed by atoms with E-state index in [0.29, 0.717) is 11.5 Å². The van der Waals surface area contributed by atoms with Gasteiger partial charge in [-0.15, -0.1) is 5.10 Å². The summed E-state index contributed by atoms with van der Waals surface area (Å²) in [7, 11) is 0. The van der Waals surface area contributed by atoms with Crippen LogP contribution in [-0.2, 0) is 5.54 Å². The number of aromatic nitrogens is 5. The predicted molar refractivity (Wildman–Crippen MR) is 123 cm³/mol. The van der Waals surface area contributed by atoms with Crippen molar-refractivity contribution < 1.29 is 4.79 Å². The molecule has 3 heterocycles.